The number of urea groups is 1. The molecule has 1 aromatic carbocycles. The van der Waals surface area contributed by atoms with Crippen LogP contribution in [0.5, 0.6) is 0 Å². The van der Waals surface area contributed by atoms with Gasteiger partial charge in [0.1, 0.15) is 0 Å². The van der Waals surface area contributed by atoms with E-state index in [0.717, 1.165) is 64.1 Å². The fraction of sp³-hybridized carbons (Fsp3) is 0.680. The quantitative estimate of drug-likeness (QED) is 0.567. The van der Waals surface area contributed by atoms with Gasteiger partial charge in [0.25, 0.3) is 0 Å². The van der Waals surface area contributed by atoms with Crippen molar-refractivity contribution in [2.75, 3.05) is 49.5 Å². The van der Waals surface area contributed by atoms with Crippen LogP contribution in [0.4, 0.5) is 10.5 Å². The summed E-state index contributed by atoms with van der Waals surface area (Å²) in [4.78, 5) is 29.6. The van der Waals surface area contributed by atoms with E-state index >= 15 is 0 Å². The number of hydrogen-bond acceptors (Lipinski definition) is 5. The number of nitrogens with one attached hydrogen (secondary N) is 3. The normalized spacial score (nSPS) is 21.5. The number of carbonyl (C=O) groups excluding carboxylic acids is 2. The van der Waals surface area contributed by atoms with E-state index < -0.39 is 0 Å². The molecule has 0 atom stereocenters. The van der Waals surface area contributed by atoms with Crippen LogP contribution in [0.3, 0.4) is 0 Å². The van der Waals surface area contributed by atoms with Crippen molar-refractivity contribution in [3.8, 4) is 0 Å². The molecule has 33 heavy (non-hydrogen) atoms. The van der Waals surface area contributed by atoms with Crippen LogP contribution in [0.2, 0.25) is 0 Å². The molecule has 0 aromatic heterocycles. The van der Waals surface area contributed by atoms with E-state index in [1.807, 2.05) is 23.9 Å². The fourth-order valence-electron chi connectivity index (χ4n) is 5.06. The number of amides is 3. The molecule has 4 rings (SSSR count). The molecular weight excluding hydrogens is 434 g/mol. The highest BCUT2D eigenvalue weighted by Crippen LogP contribution is 2.18. The van der Waals surface area contributed by atoms with Gasteiger partial charge in [-0.25, -0.2) is 4.79 Å². The van der Waals surface area contributed by atoms with Gasteiger partial charge in [-0.15, -0.1) is 0 Å². The summed E-state index contributed by atoms with van der Waals surface area (Å²) in [6.45, 7) is 5.26. The molecule has 1 aromatic rings. The van der Waals surface area contributed by atoms with Gasteiger partial charge in [-0.1, -0.05) is 31.4 Å². The Balaban J connectivity index is 1.15. The maximum Gasteiger partial charge on any atom is 0.315 e. The maximum absolute atomic E-state index is 12.6. The van der Waals surface area contributed by atoms with E-state index in [9.17, 15) is 9.59 Å². The zero-order chi connectivity index (χ0) is 22.9. The highest BCUT2D eigenvalue weighted by Gasteiger charge is 2.23. The van der Waals surface area contributed by atoms with Crippen LogP contribution in [0.15, 0.2) is 24.3 Å². The average molecular weight is 474 g/mol. The lowest BCUT2D eigenvalue weighted by molar-refractivity contribution is -0.117. The molecule has 3 fully saturated rings. The third-order valence-electron chi connectivity index (χ3n) is 6.95. The third kappa shape index (κ3) is 8.19. The minimum Gasteiger partial charge on any atom is -0.335 e. The summed E-state index contributed by atoms with van der Waals surface area (Å²) >= 11 is 2.02. The smallest absolute Gasteiger partial charge is 0.315 e. The number of hydrogen-bond donors (Lipinski definition) is 3. The average Bonchev–Trinajstić information content (AvgIpc) is 2.82. The third-order valence-corrected chi connectivity index (χ3v) is 7.89. The molecule has 3 amide bonds. The first-order chi connectivity index (χ1) is 16.1. The number of piperidine rings is 1. The highest BCUT2D eigenvalue weighted by molar-refractivity contribution is 7.99. The summed E-state index contributed by atoms with van der Waals surface area (Å²) in [5.74, 6) is 2.43. The molecule has 0 unspecified atom stereocenters. The Morgan fingerprint density at radius 2 is 1.58 bits per heavy atom. The Morgan fingerprint density at radius 1 is 0.879 bits per heavy atom. The second-order valence-electron chi connectivity index (χ2n) is 9.64. The topological polar surface area (TPSA) is 76.7 Å². The van der Waals surface area contributed by atoms with Crippen molar-refractivity contribution in [1.29, 1.82) is 0 Å². The van der Waals surface area contributed by atoms with Gasteiger partial charge >= 0.3 is 6.03 Å². The number of carbonyl (C=O) groups is 2. The van der Waals surface area contributed by atoms with Gasteiger partial charge in [-0.2, -0.15) is 11.8 Å². The zero-order valence-electron chi connectivity index (χ0n) is 19.7. The molecule has 1 saturated carbocycles. The molecule has 0 spiro atoms. The summed E-state index contributed by atoms with van der Waals surface area (Å²) in [5, 5.41) is 9.34. The molecule has 3 aliphatic rings. The molecule has 2 saturated heterocycles. The lowest BCUT2D eigenvalue weighted by atomic mass is 9.96. The van der Waals surface area contributed by atoms with Gasteiger partial charge in [0.05, 0.1) is 6.54 Å². The fourth-order valence-corrected chi connectivity index (χ4v) is 6.04. The summed E-state index contributed by atoms with van der Waals surface area (Å²) < 4.78 is 0. The minimum atomic E-state index is -0.0266. The molecule has 2 heterocycles. The van der Waals surface area contributed by atoms with E-state index in [1.54, 1.807) is 0 Å². The van der Waals surface area contributed by atoms with E-state index in [0.29, 0.717) is 12.6 Å². The van der Waals surface area contributed by atoms with Crippen molar-refractivity contribution in [2.24, 2.45) is 0 Å². The van der Waals surface area contributed by atoms with Crippen LogP contribution in [-0.4, -0.2) is 78.1 Å². The molecule has 0 radical (unpaired) electrons. The molecule has 1 aliphatic carbocycles. The number of benzene rings is 1. The summed E-state index contributed by atoms with van der Waals surface area (Å²) in [6, 6.07) is 8.73. The van der Waals surface area contributed by atoms with E-state index in [-0.39, 0.29) is 18.0 Å². The summed E-state index contributed by atoms with van der Waals surface area (Å²) in [7, 11) is 0. The zero-order valence-corrected chi connectivity index (χ0v) is 20.5. The molecule has 8 heteroatoms. The Labute approximate surface area is 202 Å². The van der Waals surface area contributed by atoms with E-state index in [1.165, 1.54) is 36.3 Å². The first kappa shape index (κ1) is 24.4. The van der Waals surface area contributed by atoms with Crippen molar-refractivity contribution < 1.29 is 9.59 Å². The van der Waals surface area contributed by atoms with Gasteiger partial charge in [-0.3, -0.25) is 14.6 Å². The second-order valence-corrected chi connectivity index (χ2v) is 10.9. The van der Waals surface area contributed by atoms with Gasteiger partial charge in [0.2, 0.25) is 5.91 Å². The molecule has 182 valence electrons. The van der Waals surface area contributed by atoms with Crippen LogP contribution in [-0.2, 0) is 11.3 Å². The molecule has 2 aliphatic heterocycles. The number of anilines is 1. The molecule has 0 bridgehead atoms. The second kappa shape index (κ2) is 12.6. The Kier molecular flexibility index (Phi) is 9.32. The molecular formula is C25H39N5O2S. The first-order valence-corrected chi connectivity index (χ1v) is 13.8. The van der Waals surface area contributed by atoms with Crippen LogP contribution < -0.4 is 16.0 Å². The Morgan fingerprint density at radius 3 is 2.30 bits per heavy atom. The van der Waals surface area contributed by atoms with E-state index in [4.69, 9.17) is 0 Å². The standard InChI is InChI=1S/C25H39N5O2S/c31-24(26-23-8-4-5-20(17-23)18-30-13-15-33-16-14-30)19-29-11-9-22(10-12-29)28-25(32)27-21-6-2-1-3-7-21/h4-5,8,17,21-22H,1-3,6-7,9-16,18-19H2,(H,26,31)(H2,27,28,32). The predicted octanol–water partition coefficient (Wildman–Crippen LogP) is 3.27. The number of likely N-dealkylation sites (tertiary alicyclic amines) is 1. The lowest BCUT2D eigenvalue weighted by Crippen LogP contribution is -2.51. The number of rotatable bonds is 7. The van der Waals surface area contributed by atoms with Crippen LogP contribution in [0.1, 0.15) is 50.5 Å². The van der Waals surface area contributed by atoms with Crippen molar-refractivity contribution in [3.05, 3.63) is 29.8 Å². The maximum atomic E-state index is 12.6. The lowest BCUT2D eigenvalue weighted by Gasteiger charge is -2.32. The monoisotopic (exact) mass is 473 g/mol. The predicted molar refractivity (Wildman–Crippen MR) is 136 cm³/mol. The van der Waals surface area contributed by atoms with Crippen molar-refractivity contribution in [2.45, 2.75) is 63.6 Å². The van der Waals surface area contributed by atoms with E-state index in [2.05, 4.69) is 37.9 Å². The summed E-state index contributed by atoms with van der Waals surface area (Å²) in [5.41, 5.74) is 2.12. The van der Waals surface area contributed by atoms with Gasteiger partial charge in [0, 0.05) is 62.0 Å². The van der Waals surface area contributed by atoms with Crippen LogP contribution in [0.25, 0.3) is 0 Å². The SMILES string of the molecule is O=C(CN1CCC(NC(=O)NC2CCCCC2)CC1)Nc1cccc(CN2CCSCC2)c1. The number of thioether (sulfide) groups is 1. The Bertz CT molecular complexity index is 772. The summed E-state index contributed by atoms with van der Waals surface area (Å²) in [6.07, 6.45) is 7.68. The van der Waals surface area contributed by atoms with Gasteiger partial charge < -0.3 is 16.0 Å². The minimum absolute atomic E-state index is 0.0266. The van der Waals surface area contributed by atoms with Crippen molar-refractivity contribution in [3.63, 3.8) is 0 Å². The highest BCUT2D eigenvalue weighted by atomic mass is 32.2. The number of nitrogens with zero attached hydrogens (tertiary/aromatic N) is 2. The Hall–Kier alpha value is -1.77. The van der Waals surface area contributed by atoms with Crippen LogP contribution >= 0.6 is 11.8 Å². The van der Waals surface area contributed by atoms with Crippen LogP contribution in [0, 0.1) is 0 Å². The first-order valence-electron chi connectivity index (χ1n) is 12.6. The largest absolute Gasteiger partial charge is 0.335 e. The van der Waals surface area contributed by atoms with Crippen molar-refractivity contribution >= 4 is 29.4 Å². The van der Waals surface area contributed by atoms with Gasteiger partial charge in [0.15, 0.2) is 0 Å². The van der Waals surface area contributed by atoms with Crippen molar-refractivity contribution in [1.82, 2.24) is 20.4 Å². The van der Waals surface area contributed by atoms with Gasteiger partial charge in [-0.05, 0) is 43.4 Å². The molecule has 7 nitrogen and oxygen atoms in total. The molecule has 3 N–H and O–H groups in total.